The summed E-state index contributed by atoms with van der Waals surface area (Å²) in [5.41, 5.74) is 6.91. The normalized spacial score (nSPS) is 10.2. The second-order valence-electron chi connectivity index (χ2n) is 3.96. The molecule has 0 radical (unpaired) electrons. The number of rotatable bonds is 5. The standard InChI is InChI=1S/C12H10ClN3O3S/c13-10-4-8(1-2-9(10)12(14)17)15-5-7-3-11(16(18)19)20-6-7/h1-4,6,15H,5H2,(H2,14,17). The van der Waals surface area contributed by atoms with Crippen LogP contribution in [0.25, 0.3) is 0 Å². The zero-order chi connectivity index (χ0) is 14.7. The first kappa shape index (κ1) is 14.3. The van der Waals surface area contributed by atoms with E-state index in [0.717, 1.165) is 16.9 Å². The molecule has 8 heteroatoms. The van der Waals surface area contributed by atoms with Crippen LogP contribution in [0.2, 0.25) is 5.02 Å². The third-order valence-electron chi connectivity index (χ3n) is 2.55. The largest absolute Gasteiger partial charge is 0.381 e. The number of anilines is 1. The van der Waals surface area contributed by atoms with Crippen LogP contribution in [-0.4, -0.2) is 10.8 Å². The Bertz CT molecular complexity index is 672. The molecule has 3 N–H and O–H groups in total. The molecular weight excluding hydrogens is 302 g/mol. The Morgan fingerprint density at radius 1 is 1.45 bits per heavy atom. The van der Waals surface area contributed by atoms with Gasteiger partial charge in [-0.2, -0.15) is 0 Å². The molecule has 0 unspecified atom stereocenters. The van der Waals surface area contributed by atoms with Crippen molar-refractivity contribution >= 4 is 39.5 Å². The summed E-state index contributed by atoms with van der Waals surface area (Å²) in [6.07, 6.45) is 0. The number of nitro groups is 1. The van der Waals surface area contributed by atoms with Crippen LogP contribution >= 0.6 is 22.9 Å². The number of nitrogens with two attached hydrogens (primary N) is 1. The zero-order valence-electron chi connectivity index (χ0n) is 10.1. The maximum atomic E-state index is 11.0. The van der Waals surface area contributed by atoms with Crippen molar-refractivity contribution in [1.82, 2.24) is 0 Å². The van der Waals surface area contributed by atoms with Gasteiger partial charge in [0.15, 0.2) is 0 Å². The summed E-state index contributed by atoms with van der Waals surface area (Å²) in [5.74, 6) is -0.588. The van der Waals surface area contributed by atoms with E-state index < -0.39 is 10.8 Å². The molecule has 1 amide bonds. The summed E-state index contributed by atoms with van der Waals surface area (Å²) in [7, 11) is 0. The maximum Gasteiger partial charge on any atom is 0.324 e. The van der Waals surface area contributed by atoms with Gasteiger partial charge in [0.1, 0.15) is 0 Å². The number of amides is 1. The molecule has 0 saturated heterocycles. The number of hydrogen-bond donors (Lipinski definition) is 2. The maximum absolute atomic E-state index is 11.0. The lowest BCUT2D eigenvalue weighted by atomic mass is 10.2. The quantitative estimate of drug-likeness (QED) is 0.655. The topological polar surface area (TPSA) is 98.3 Å². The molecule has 0 aliphatic rings. The third kappa shape index (κ3) is 3.25. The van der Waals surface area contributed by atoms with Crippen LogP contribution in [0.1, 0.15) is 15.9 Å². The third-order valence-corrected chi connectivity index (χ3v) is 3.79. The van der Waals surface area contributed by atoms with Crippen LogP contribution in [-0.2, 0) is 6.54 Å². The van der Waals surface area contributed by atoms with E-state index in [0.29, 0.717) is 12.2 Å². The number of primary amides is 1. The molecule has 1 aromatic heterocycles. The highest BCUT2D eigenvalue weighted by Crippen LogP contribution is 2.24. The van der Waals surface area contributed by atoms with Crippen LogP contribution in [0.4, 0.5) is 10.7 Å². The predicted molar refractivity (Wildman–Crippen MR) is 78.3 cm³/mol. The molecule has 1 aromatic carbocycles. The van der Waals surface area contributed by atoms with Crippen molar-refractivity contribution in [3.63, 3.8) is 0 Å². The molecule has 6 nitrogen and oxygen atoms in total. The van der Waals surface area contributed by atoms with Gasteiger partial charge in [-0.1, -0.05) is 22.9 Å². The molecule has 0 aliphatic heterocycles. The average Bonchev–Trinajstić information content (AvgIpc) is 2.85. The number of carbonyl (C=O) groups is 1. The summed E-state index contributed by atoms with van der Waals surface area (Å²) in [6, 6.07) is 6.30. The first-order valence-electron chi connectivity index (χ1n) is 5.52. The summed E-state index contributed by atoms with van der Waals surface area (Å²) in [4.78, 5) is 21.2. The molecule has 0 fully saturated rings. The van der Waals surface area contributed by atoms with Gasteiger partial charge in [-0.05, 0) is 23.8 Å². The van der Waals surface area contributed by atoms with Gasteiger partial charge in [-0.3, -0.25) is 14.9 Å². The second-order valence-corrected chi connectivity index (χ2v) is 5.26. The average molecular weight is 312 g/mol. The van der Waals surface area contributed by atoms with E-state index >= 15 is 0 Å². The summed E-state index contributed by atoms with van der Waals surface area (Å²) in [6.45, 7) is 0.427. The van der Waals surface area contributed by atoms with Crippen LogP contribution in [0.5, 0.6) is 0 Å². The van der Waals surface area contributed by atoms with Crippen molar-refractivity contribution in [3.05, 3.63) is 55.9 Å². The highest BCUT2D eigenvalue weighted by Gasteiger charge is 2.10. The van der Waals surface area contributed by atoms with Gasteiger partial charge in [0.05, 0.1) is 15.5 Å². The van der Waals surface area contributed by atoms with Gasteiger partial charge in [0, 0.05) is 23.7 Å². The minimum atomic E-state index is -0.588. The van der Waals surface area contributed by atoms with Crippen molar-refractivity contribution in [3.8, 4) is 0 Å². The Morgan fingerprint density at radius 3 is 2.75 bits per heavy atom. The smallest absolute Gasteiger partial charge is 0.324 e. The number of hydrogen-bond acceptors (Lipinski definition) is 5. The second kappa shape index (κ2) is 5.89. The molecule has 0 aliphatic carbocycles. The van der Waals surface area contributed by atoms with E-state index in [9.17, 15) is 14.9 Å². The van der Waals surface area contributed by atoms with Gasteiger partial charge in [0.25, 0.3) is 0 Å². The minimum Gasteiger partial charge on any atom is -0.381 e. The number of halogens is 1. The first-order chi connectivity index (χ1) is 9.47. The fraction of sp³-hybridized carbons (Fsp3) is 0.0833. The van der Waals surface area contributed by atoms with Crippen LogP contribution in [0, 0.1) is 10.1 Å². The molecule has 104 valence electrons. The molecule has 20 heavy (non-hydrogen) atoms. The molecule has 0 atom stereocenters. The lowest BCUT2D eigenvalue weighted by molar-refractivity contribution is -0.380. The van der Waals surface area contributed by atoms with Gasteiger partial charge < -0.3 is 11.1 Å². The van der Waals surface area contributed by atoms with Crippen molar-refractivity contribution < 1.29 is 9.72 Å². The highest BCUT2D eigenvalue weighted by molar-refractivity contribution is 7.13. The fourth-order valence-electron chi connectivity index (χ4n) is 1.58. The van der Waals surface area contributed by atoms with Crippen LogP contribution in [0.15, 0.2) is 29.6 Å². The SMILES string of the molecule is NC(=O)c1ccc(NCc2csc([N+](=O)[O-])c2)cc1Cl. The van der Waals surface area contributed by atoms with E-state index in [4.69, 9.17) is 17.3 Å². The lowest BCUT2D eigenvalue weighted by Gasteiger charge is -2.07. The monoisotopic (exact) mass is 311 g/mol. The van der Waals surface area contributed by atoms with Crippen molar-refractivity contribution in [2.45, 2.75) is 6.54 Å². The Hall–Kier alpha value is -2.12. The highest BCUT2D eigenvalue weighted by atomic mass is 35.5. The van der Waals surface area contributed by atoms with Crippen molar-refractivity contribution in [2.24, 2.45) is 5.73 Å². The summed E-state index contributed by atoms with van der Waals surface area (Å²) in [5, 5.41) is 15.7. The summed E-state index contributed by atoms with van der Waals surface area (Å²) < 4.78 is 0. The van der Waals surface area contributed by atoms with E-state index in [1.165, 1.54) is 12.1 Å². The molecule has 1 heterocycles. The number of carbonyl (C=O) groups excluding carboxylic acids is 1. The molecule has 0 saturated carbocycles. The van der Waals surface area contributed by atoms with E-state index in [-0.39, 0.29) is 15.6 Å². The number of nitrogens with zero attached hydrogens (tertiary/aromatic N) is 1. The molecule has 2 aromatic rings. The van der Waals surface area contributed by atoms with E-state index in [1.807, 2.05) is 0 Å². The van der Waals surface area contributed by atoms with Crippen molar-refractivity contribution in [2.75, 3.05) is 5.32 Å². The molecule has 0 spiro atoms. The van der Waals surface area contributed by atoms with Crippen LogP contribution in [0.3, 0.4) is 0 Å². The zero-order valence-corrected chi connectivity index (χ0v) is 11.7. The van der Waals surface area contributed by atoms with Gasteiger partial charge in [-0.25, -0.2) is 0 Å². The van der Waals surface area contributed by atoms with E-state index in [1.54, 1.807) is 17.5 Å². The molecular formula is C12H10ClN3O3S. The fourth-order valence-corrected chi connectivity index (χ4v) is 2.58. The van der Waals surface area contributed by atoms with Gasteiger partial charge in [0.2, 0.25) is 5.91 Å². The Kier molecular flexibility index (Phi) is 4.21. The Labute approximate surface area is 123 Å². The van der Waals surface area contributed by atoms with Crippen LogP contribution < -0.4 is 11.1 Å². The Balaban J connectivity index is 2.05. The number of benzene rings is 1. The van der Waals surface area contributed by atoms with Gasteiger partial charge >= 0.3 is 5.00 Å². The Morgan fingerprint density at radius 2 is 2.20 bits per heavy atom. The number of nitrogens with one attached hydrogen (secondary N) is 1. The number of thiophene rings is 1. The predicted octanol–water partition coefficient (Wildman–Crippen LogP) is 3.02. The minimum absolute atomic E-state index is 0.101. The van der Waals surface area contributed by atoms with E-state index in [2.05, 4.69) is 5.32 Å². The lowest BCUT2D eigenvalue weighted by Crippen LogP contribution is -2.11. The first-order valence-corrected chi connectivity index (χ1v) is 6.78. The summed E-state index contributed by atoms with van der Waals surface area (Å²) >= 11 is 7.00. The van der Waals surface area contributed by atoms with Gasteiger partial charge in [-0.15, -0.1) is 0 Å². The molecule has 2 rings (SSSR count). The van der Waals surface area contributed by atoms with Crippen molar-refractivity contribution in [1.29, 1.82) is 0 Å². The molecule has 0 bridgehead atoms.